The minimum Gasteiger partial charge on any atom is -0.355 e. The van der Waals surface area contributed by atoms with Gasteiger partial charge in [0, 0.05) is 38.4 Å². The summed E-state index contributed by atoms with van der Waals surface area (Å²) in [7, 11) is 1.95. The van der Waals surface area contributed by atoms with Gasteiger partial charge in [0.2, 0.25) is 5.91 Å². The highest BCUT2D eigenvalue weighted by Crippen LogP contribution is 2.19. The van der Waals surface area contributed by atoms with Crippen molar-refractivity contribution in [1.82, 2.24) is 20.0 Å². The Hall–Kier alpha value is -2.14. The van der Waals surface area contributed by atoms with Gasteiger partial charge in [0.15, 0.2) is 0 Å². The summed E-state index contributed by atoms with van der Waals surface area (Å²) in [6.07, 6.45) is 3.90. The second kappa shape index (κ2) is 7.62. The maximum atomic E-state index is 12.4. The first-order valence-electron chi connectivity index (χ1n) is 8.65. The van der Waals surface area contributed by atoms with Crippen LogP contribution < -0.4 is 5.32 Å². The molecule has 1 aromatic heterocycles. The van der Waals surface area contributed by atoms with Crippen LogP contribution in [-0.2, 0) is 24.8 Å². The van der Waals surface area contributed by atoms with Crippen LogP contribution in [0.2, 0.25) is 0 Å². The molecule has 1 aromatic carbocycles. The van der Waals surface area contributed by atoms with E-state index in [2.05, 4.69) is 33.6 Å². The third-order valence-electron chi connectivity index (χ3n) is 4.71. The second-order valence-electron chi connectivity index (χ2n) is 6.66. The summed E-state index contributed by atoms with van der Waals surface area (Å²) < 4.78 is 1.86. The third-order valence-corrected chi connectivity index (χ3v) is 4.71. The Kier molecular flexibility index (Phi) is 5.30. The molecule has 3 rings (SSSR count). The Balaban J connectivity index is 1.43. The van der Waals surface area contributed by atoms with Gasteiger partial charge in [0.05, 0.1) is 11.6 Å². The molecule has 0 aliphatic carbocycles. The lowest BCUT2D eigenvalue weighted by molar-refractivity contribution is -0.124. The molecular weight excluding hydrogens is 300 g/mol. The van der Waals surface area contributed by atoms with Crippen molar-refractivity contribution in [2.24, 2.45) is 13.0 Å². The molecule has 0 unspecified atom stereocenters. The quantitative estimate of drug-likeness (QED) is 0.882. The van der Waals surface area contributed by atoms with Crippen molar-refractivity contribution in [1.29, 1.82) is 0 Å². The molecule has 1 amide bonds. The molecule has 24 heavy (non-hydrogen) atoms. The smallest absolute Gasteiger partial charge is 0.224 e. The minimum atomic E-state index is 0.109. The number of aryl methyl sites for hydroxylation is 2. The average molecular weight is 326 g/mol. The molecule has 1 atom stereocenters. The molecule has 2 aromatic rings. The second-order valence-corrected chi connectivity index (χ2v) is 6.66. The molecule has 1 fully saturated rings. The number of benzene rings is 1. The lowest BCUT2D eigenvalue weighted by Crippen LogP contribution is -2.34. The first-order chi connectivity index (χ1) is 11.6. The summed E-state index contributed by atoms with van der Waals surface area (Å²) in [5.41, 5.74) is 3.59. The first-order valence-corrected chi connectivity index (χ1v) is 8.65. The minimum absolute atomic E-state index is 0.109. The SMILES string of the molecule is Cc1nn(C)cc1CN1CC[C@H](C(=O)NCCc2ccccc2)C1. The largest absolute Gasteiger partial charge is 0.355 e. The van der Waals surface area contributed by atoms with Gasteiger partial charge in [-0.2, -0.15) is 5.10 Å². The number of carbonyl (C=O) groups excluding carboxylic acids is 1. The van der Waals surface area contributed by atoms with Crippen LogP contribution in [0.5, 0.6) is 0 Å². The zero-order chi connectivity index (χ0) is 16.9. The van der Waals surface area contributed by atoms with E-state index in [4.69, 9.17) is 0 Å². The van der Waals surface area contributed by atoms with Crippen LogP contribution in [0.3, 0.4) is 0 Å². The summed E-state index contributed by atoms with van der Waals surface area (Å²) in [5.74, 6) is 0.300. The van der Waals surface area contributed by atoms with E-state index in [1.54, 1.807) is 0 Å². The van der Waals surface area contributed by atoms with Crippen LogP contribution >= 0.6 is 0 Å². The average Bonchev–Trinajstić information content (AvgIpc) is 3.15. The van der Waals surface area contributed by atoms with E-state index in [0.717, 1.165) is 38.2 Å². The predicted molar refractivity (Wildman–Crippen MR) is 94.5 cm³/mol. The standard InChI is InChI=1S/C19H26N4O/c1-15-18(12-22(2)21-15)14-23-11-9-17(13-23)19(24)20-10-8-16-6-4-3-5-7-16/h3-7,12,17H,8-11,13-14H2,1-2H3,(H,20,24)/t17-/m0/s1. The van der Waals surface area contributed by atoms with Crippen LogP contribution in [0.15, 0.2) is 36.5 Å². The fraction of sp³-hybridized carbons (Fsp3) is 0.474. The number of likely N-dealkylation sites (tertiary alicyclic amines) is 1. The van der Waals surface area contributed by atoms with E-state index in [9.17, 15) is 4.79 Å². The Morgan fingerprint density at radius 1 is 1.33 bits per heavy atom. The fourth-order valence-corrected chi connectivity index (χ4v) is 3.35. The number of hydrogen-bond acceptors (Lipinski definition) is 3. The lowest BCUT2D eigenvalue weighted by atomic mass is 10.1. The fourth-order valence-electron chi connectivity index (χ4n) is 3.35. The molecule has 1 N–H and O–H groups in total. The molecule has 2 heterocycles. The zero-order valence-corrected chi connectivity index (χ0v) is 14.5. The molecular formula is C19H26N4O. The number of nitrogens with zero attached hydrogens (tertiary/aromatic N) is 3. The molecule has 1 aliphatic heterocycles. The first kappa shape index (κ1) is 16.7. The van der Waals surface area contributed by atoms with Crippen molar-refractivity contribution in [3.05, 3.63) is 53.3 Å². The monoisotopic (exact) mass is 326 g/mol. The highest BCUT2D eigenvalue weighted by Gasteiger charge is 2.28. The third kappa shape index (κ3) is 4.23. The van der Waals surface area contributed by atoms with E-state index in [1.165, 1.54) is 11.1 Å². The molecule has 1 saturated heterocycles. The summed E-state index contributed by atoms with van der Waals surface area (Å²) >= 11 is 0. The van der Waals surface area contributed by atoms with E-state index in [1.807, 2.05) is 36.9 Å². The number of carbonyl (C=O) groups is 1. The number of hydrogen-bond donors (Lipinski definition) is 1. The number of rotatable bonds is 6. The topological polar surface area (TPSA) is 50.2 Å². The van der Waals surface area contributed by atoms with Crippen molar-refractivity contribution in [3.63, 3.8) is 0 Å². The zero-order valence-electron chi connectivity index (χ0n) is 14.5. The molecule has 5 nitrogen and oxygen atoms in total. The molecule has 0 bridgehead atoms. The maximum Gasteiger partial charge on any atom is 0.224 e. The predicted octanol–water partition coefficient (Wildman–Crippen LogP) is 1.91. The van der Waals surface area contributed by atoms with E-state index >= 15 is 0 Å². The van der Waals surface area contributed by atoms with Gasteiger partial charge in [-0.05, 0) is 31.9 Å². The van der Waals surface area contributed by atoms with Gasteiger partial charge in [-0.15, -0.1) is 0 Å². The van der Waals surface area contributed by atoms with Gasteiger partial charge in [-0.25, -0.2) is 0 Å². The highest BCUT2D eigenvalue weighted by molar-refractivity contribution is 5.79. The van der Waals surface area contributed by atoms with Crippen LogP contribution in [0, 0.1) is 12.8 Å². The summed E-state index contributed by atoms with van der Waals surface area (Å²) in [6.45, 7) is 5.45. The normalized spacial score (nSPS) is 18.0. The van der Waals surface area contributed by atoms with Crippen molar-refractivity contribution >= 4 is 5.91 Å². The summed E-state index contributed by atoms with van der Waals surface area (Å²) in [5, 5.41) is 7.48. The van der Waals surface area contributed by atoms with Crippen LogP contribution in [0.1, 0.15) is 23.2 Å². The van der Waals surface area contributed by atoms with E-state index in [0.29, 0.717) is 6.54 Å². The summed E-state index contributed by atoms with van der Waals surface area (Å²) in [4.78, 5) is 14.7. The van der Waals surface area contributed by atoms with Crippen molar-refractivity contribution in [3.8, 4) is 0 Å². The van der Waals surface area contributed by atoms with Gasteiger partial charge in [-0.1, -0.05) is 30.3 Å². The van der Waals surface area contributed by atoms with E-state index < -0.39 is 0 Å². The lowest BCUT2D eigenvalue weighted by Gasteiger charge is -2.15. The maximum absolute atomic E-state index is 12.4. The van der Waals surface area contributed by atoms with Gasteiger partial charge in [0.25, 0.3) is 0 Å². The highest BCUT2D eigenvalue weighted by atomic mass is 16.1. The van der Waals surface area contributed by atoms with Crippen LogP contribution in [0.4, 0.5) is 0 Å². The Bertz CT molecular complexity index is 680. The van der Waals surface area contributed by atoms with Gasteiger partial charge < -0.3 is 5.32 Å². The molecule has 0 radical (unpaired) electrons. The van der Waals surface area contributed by atoms with Gasteiger partial charge in [-0.3, -0.25) is 14.4 Å². The molecule has 128 valence electrons. The number of amides is 1. The molecule has 0 saturated carbocycles. The van der Waals surface area contributed by atoms with Crippen LogP contribution in [0.25, 0.3) is 0 Å². The Labute approximate surface area is 143 Å². The van der Waals surface area contributed by atoms with Gasteiger partial charge >= 0.3 is 0 Å². The Morgan fingerprint density at radius 2 is 2.12 bits per heavy atom. The van der Waals surface area contributed by atoms with Crippen molar-refractivity contribution in [2.75, 3.05) is 19.6 Å². The molecule has 1 aliphatic rings. The number of nitrogens with one attached hydrogen (secondary N) is 1. The molecule has 5 heteroatoms. The van der Waals surface area contributed by atoms with Crippen molar-refractivity contribution < 1.29 is 4.79 Å². The summed E-state index contributed by atoms with van der Waals surface area (Å²) in [6, 6.07) is 10.3. The Morgan fingerprint density at radius 3 is 2.83 bits per heavy atom. The molecule has 0 spiro atoms. The number of aromatic nitrogens is 2. The van der Waals surface area contributed by atoms with Crippen LogP contribution in [-0.4, -0.2) is 40.2 Å². The van der Waals surface area contributed by atoms with E-state index in [-0.39, 0.29) is 11.8 Å². The van der Waals surface area contributed by atoms with Gasteiger partial charge in [0.1, 0.15) is 0 Å². The van der Waals surface area contributed by atoms with Crippen molar-refractivity contribution in [2.45, 2.75) is 26.3 Å².